The van der Waals surface area contributed by atoms with E-state index in [4.69, 9.17) is 4.74 Å². The van der Waals surface area contributed by atoms with Gasteiger partial charge in [-0.15, -0.1) is 0 Å². The van der Waals surface area contributed by atoms with E-state index in [-0.39, 0.29) is 24.3 Å². The first-order valence-corrected chi connectivity index (χ1v) is 6.06. The summed E-state index contributed by atoms with van der Waals surface area (Å²) in [5.41, 5.74) is -0.438. The lowest BCUT2D eigenvalue weighted by molar-refractivity contribution is -0.0110. The molecule has 0 radical (unpaired) electrons. The van der Waals surface area contributed by atoms with Crippen LogP contribution in [0.25, 0.3) is 0 Å². The molecule has 1 amide bonds. The lowest BCUT2D eigenvalue weighted by atomic mass is 10.0. The summed E-state index contributed by atoms with van der Waals surface area (Å²) in [7, 11) is 0. The monoisotopic (exact) mass is 227 g/mol. The fraction of sp³-hybridized carbons (Fsp3) is 0.917. The van der Waals surface area contributed by atoms with Gasteiger partial charge >= 0.3 is 6.09 Å². The van der Waals surface area contributed by atoms with Crippen LogP contribution in [0.2, 0.25) is 0 Å². The van der Waals surface area contributed by atoms with Crippen LogP contribution in [0, 0.1) is 0 Å². The molecule has 1 unspecified atom stereocenters. The molecule has 92 valence electrons. The van der Waals surface area contributed by atoms with Gasteiger partial charge in [-0.1, -0.05) is 0 Å². The number of aliphatic hydroxyl groups is 1. The molecule has 2 fully saturated rings. The van der Waals surface area contributed by atoms with Gasteiger partial charge in [-0.3, -0.25) is 0 Å². The molecule has 0 aromatic carbocycles. The van der Waals surface area contributed by atoms with Crippen molar-refractivity contribution < 1.29 is 14.6 Å². The smallest absolute Gasteiger partial charge is 0.410 e. The minimum Gasteiger partial charge on any atom is -0.444 e. The van der Waals surface area contributed by atoms with E-state index in [9.17, 15) is 9.90 Å². The van der Waals surface area contributed by atoms with Crippen LogP contribution in [0.4, 0.5) is 4.79 Å². The highest BCUT2D eigenvalue weighted by Crippen LogP contribution is 2.36. The molecule has 2 saturated heterocycles. The molecule has 1 N–H and O–H groups in total. The normalized spacial score (nSPS) is 34.0. The quantitative estimate of drug-likeness (QED) is 0.687. The van der Waals surface area contributed by atoms with Gasteiger partial charge in [-0.2, -0.15) is 0 Å². The molecule has 0 aromatic rings. The summed E-state index contributed by atoms with van der Waals surface area (Å²) in [6.45, 7) is 5.64. The van der Waals surface area contributed by atoms with Gasteiger partial charge in [-0.25, -0.2) is 4.79 Å². The van der Waals surface area contributed by atoms with Crippen molar-refractivity contribution >= 4 is 6.09 Å². The number of rotatable bonds is 0. The maximum atomic E-state index is 12.0. The van der Waals surface area contributed by atoms with E-state index >= 15 is 0 Å². The number of fused-ring (bicyclic) bond motifs is 2. The van der Waals surface area contributed by atoms with Crippen LogP contribution in [0.5, 0.6) is 0 Å². The van der Waals surface area contributed by atoms with E-state index in [1.54, 1.807) is 0 Å². The molecule has 2 bridgehead atoms. The number of hydrogen-bond acceptors (Lipinski definition) is 3. The zero-order valence-corrected chi connectivity index (χ0v) is 10.3. The number of ether oxygens (including phenoxy) is 1. The van der Waals surface area contributed by atoms with Gasteiger partial charge in [0.05, 0.1) is 6.10 Å². The molecule has 0 saturated carbocycles. The Morgan fingerprint density at radius 2 is 1.75 bits per heavy atom. The largest absolute Gasteiger partial charge is 0.444 e. The first kappa shape index (κ1) is 11.7. The van der Waals surface area contributed by atoms with Gasteiger partial charge in [0.15, 0.2) is 0 Å². The second kappa shape index (κ2) is 3.91. The highest BCUT2D eigenvalue weighted by Gasteiger charge is 2.44. The third kappa shape index (κ3) is 2.32. The second-order valence-corrected chi connectivity index (χ2v) is 5.90. The van der Waals surface area contributed by atoms with Crippen molar-refractivity contribution in [3.05, 3.63) is 0 Å². The van der Waals surface area contributed by atoms with Gasteiger partial charge in [-0.05, 0) is 46.5 Å². The second-order valence-electron chi connectivity index (χ2n) is 5.90. The summed E-state index contributed by atoms with van der Waals surface area (Å²) >= 11 is 0. The molecule has 0 aromatic heterocycles. The van der Waals surface area contributed by atoms with Crippen LogP contribution >= 0.6 is 0 Å². The zero-order chi connectivity index (χ0) is 11.9. The van der Waals surface area contributed by atoms with Crippen molar-refractivity contribution in [2.45, 2.75) is 70.2 Å². The first-order valence-electron chi connectivity index (χ1n) is 6.06. The highest BCUT2D eigenvalue weighted by atomic mass is 16.6. The molecule has 0 aliphatic carbocycles. The van der Waals surface area contributed by atoms with Gasteiger partial charge in [0.1, 0.15) is 5.60 Å². The summed E-state index contributed by atoms with van der Waals surface area (Å²) in [4.78, 5) is 13.8. The van der Waals surface area contributed by atoms with Crippen LogP contribution in [0.3, 0.4) is 0 Å². The van der Waals surface area contributed by atoms with Crippen LogP contribution in [-0.4, -0.2) is 39.9 Å². The zero-order valence-electron chi connectivity index (χ0n) is 10.3. The average Bonchev–Trinajstić information content (AvgIpc) is 2.36. The summed E-state index contributed by atoms with van der Waals surface area (Å²) < 4.78 is 5.40. The Morgan fingerprint density at radius 1 is 1.25 bits per heavy atom. The maximum absolute atomic E-state index is 12.0. The van der Waals surface area contributed by atoms with E-state index in [1.807, 2.05) is 25.7 Å². The number of nitrogens with zero attached hydrogens (tertiary/aromatic N) is 1. The van der Waals surface area contributed by atoms with Crippen LogP contribution in [0.15, 0.2) is 0 Å². The van der Waals surface area contributed by atoms with E-state index in [0.29, 0.717) is 12.8 Å². The Balaban J connectivity index is 2.03. The molecular formula is C12H21NO3. The van der Waals surface area contributed by atoms with Gasteiger partial charge in [0.25, 0.3) is 0 Å². The van der Waals surface area contributed by atoms with Crippen molar-refractivity contribution in [2.75, 3.05) is 0 Å². The third-order valence-corrected chi connectivity index (χ3v) is 3.31. The number of hydrogen-bond donors (Lipinski definition) is 1. The van der Waals surface area contributed by atoms with E-state index < -0.39 is 5.60 Å². The van der Waals surface area contributed by atoms with Gasteiger partial charge in [0, 0.05) is 12.1 Å². The van der Waals surface area contributed by atoms with Crippen molar-refractivity contribution in [1.29, 1.82) is 0 Å². The van der Waals surface area contributed by atoms with Gasteiger partial charge < -0.3 is 14.7 Å². The average molecular weight is 227 g/mol. The number of piperidine rings is 1. The van der Waals surface area contributed by atoms with Crippen LogP contribution < -0.4 is 0 Å². The number of carbonyl (C=O) groups excluding carboxylic acids is 1. The fourth-order valence-corrected chi connectivity index (χ4v) is 2.76. The molecule has 2 heterocycles. The highest BCUT2D eigenvalue weighted by molar-refractivity contribution is 5.69. The van der Waals surface area contributed by atoms with Crippen molar-refractivity contribution in [3.8, 4) is 0 Å². The Kier molecular flexibility index (Phi) is 2.86. The molecule has 16 heavy (non-hydrogen) atoms. The predicted octanol–water partition coefficient (Wildman–Crippen LogP) is 1.91. The molecule has 2 rings (SSSR count). The Labute approximate surface area is 96.6 Å². The fourth-order valence-electron chi connectivity index (χ4n) is 2.76. The molecule has 2 aliphatic rings. The maximum Gasteiger partial charge on any atom is 0.410 e. The first-order chi connectivity index (χ1) is 7.37. The molecule has 2 aliphatic heterocycles. The molecular weight excluding hydrogens is 206 g/mol. The van der Waals surface area contributed by atoms with Crippen LogP contribution in [-0.2, 0) is 4.74 Å². The Hall–Kier alpha value is -0.770. The summed E-state index contributed by atoms with van der Waals surface area (Å²) in [5, 5.41) is 9.64. The van der Waals surface area contributed by atoms with E-state index in [1.165, 1.54) is 0 Å². The van der Waals surface area contributed by atoms with E-state index in [0.717, 1.165) is 12.8 Å². The summed E-state index contributed by atoms with van der Waals surface area (Å²) in [6.07, 6.45) is 2.95. The minimum atomic E-state index is -0.438. The number of aliphatic hydroxyl groups excluding tert-OH is 1. The van der Waals surface area contributed by atoms with Crippen LogP contribution in [0.1, 0.15) is 46.5 Å². The minimum absolute atomic E-state index is 0.184. The van der Waals surface area contributed by atoms with E-state index in [2.05, 4.69) is 0 Å². The Bertz CT molecular complexity index is 270. The Morgan fingerprint density at radius 3 is 2.19 bits per heavy atom. The van der Waals surface area contributed by atoms with Crippen molar-refractivity contribution in [2.24, 2.45) is 0 Å². The standard InChI is InChI=1S/C12H21NO3/c1-12(2,3)16-11(15)13-8-4-5-9(13)7-10(14)6-8/h8-10,14H,4-7H2,1-3H3/t8-,9?,10+/m1/s1. The lowest BCUT2D eigenvalue weighted by Crippen LogP contribution is -2.49. The number of amides is 1. The SMILES string of the molecule is CC(C)(C)OC(=O)N1C2CC[C@@H]1C[C@H](O)C2. The van der Waals surface area contributed by atoms with Crippen molar-refractivity contribution in [1.82, 2.24) is 4.90 Å². The molecule has 4 heteroatoms. The van der Waals surface area contributed by atoms with Gasteiger partial charge in [0.2, 0.25) is 0 Å². The summed E-state index contributed by atoms with van der Waals surface area (Å²) in [5.74, 6) is 0. The summed E-state index contributed by atoms with van der Waals surface area (Å²) in [6, 6.07) is 0.368. The molecule has 0 spiro atoms. The topological polar surface area (TPSA) is 49.8 Å². The number of carbonyl (C=O) groups is 1. The molecule has 3 atom stereocenters. The lowest BCUT2D eigenvalue weighted by Gasteiger charge is -2.37. The predicted molar refractivity (Wildman–Crippen MR) is 60.1 cm³/mol. The molecule has 4 nitrogen and oxygen atoms in total. The van der Waals surface area contributed by atoms with Crippen molar-refractivity contribution in [3.63, 3.8) is 0 Å². The third-order valence-electron chi connectivity index (χ3n) is 3.31.